The first-order chi connectivity index (χ1) is 6.50. The minimum atomic E-state index is -0.782. The Labute approximate surface area is 84.6 Å². The number of carbonyl (C=O) groups is 1. The van der Waals surface area contributed by atoms with Gasteiger partial charge in [0, 0.05) is 12.1 Å². The van der Waals surface area contributed by atoms with Gasteiger partial charge in [0.15, 0.2) is 0 Å². The highest BCUT2D eigenvalue weighted by Gasteiger charge is 2.46. The summed E-state index contributed by atoms with van der Waals surface area (Å²) >= 11 is 0. The third kappa shape index (κ3) is 2.07. The topological polar surface area (TPSA) is 58.6 Å². The molecule has 1 rings (SSSR count). The fourth-order valence-electron chi connectivity index (χ4n) is 1.58. The van der Waals surface area contributed by atoms with Gasteiger partial charge in [0.1, 0.15) is 5.41 Å². The van der Waals surface area contributed by atoms with Gasteiger partial charge < -0.3 is 15.2 Å². The lowest BCUT2D eigenvalue weighted by Crippen LogP contribution is -2.50. The molecule has 4 nitrogen and oxygen atoms in total. The Morgan fingerprint density at radius 3 is 2.93 bits per heavy atom. The normalized spacial score (nSPS) is 34.4. The average Bonchev–Trinajstić information content (AvgIpc) is 2.49. The molecule has 1 heterocycles. The third-order valence-electron chi connectivity index (χ3n) is 3.04. The van der Waals surface area contributed by atoms with Gasteiger partial charge in [-0.05, 0) is 20.3 Å². The molecule has 0 bridgehead atoms. The van der Waals surface area contributed by atoms with Crippen molar-refractivity contribution in [1.82, 2.24) is 5.32 Å². The summed E-state index contributed by atoms with van der Waals surface area (Å²) in [7, 11) is 0. The molecule has 0 aromatic heterocycles. The number of aliphatic carboxylic acids is 1. The maximum atomic E-state index is 11.1. The number of hydrogen-bond donors (Lipinski definition) is 2. The van der Waals surface area contributed by atoms with E-state index in [1.165, 1.54) is 0 Å². The molecule has 3 atom stereocenters. The van der Waals surface area contributed by atoms with Crippen molar-refractivity contribution in [3.8, 4) is 0 Å². The molecule has 3 unspecified atom stereocenters. The van der Waals surface area contributed by atoms with Crippen molar-refractivity contribution in [3.05, 3.63) is 0 Å². The van der Waals surface area contributed by atoms with Gasteiger partial charge in [-0.3, -0.25) is 4.79 Å². The maximum absolute atomic E-state index is 11.1. The molecule has 1 fully saturated rings. The Bertz CT molecular complexity index is 219. The monoisotopic (exact) mass is 201 g/mol. The first-order valence-electron chi connectivity index (χ1n) is 5.08. The second-order valence-electron chi connectivity index (χ2n) is 4.27. The van der Waals surface area contributed by atoms with Crippen LogP contribution in [0.1, 0.15) is 27.2 Å². The van der Waals surface area contributed by atoms with E-state index in [2.05, 4.69) is 19.2 Å². The van der Waals surface area contributed by atoms with Crippen molar-refractivity contribution in [2.24, 2.45) is 5.41 Å². The zero-order valence-electron chi connectivity index (χ0n) is 9.04. The van der Waals surface area contributed by atoms with Gasteiger partial charge in [0.05, 0.1) is 13.2 Å². The fourth-order valence-corrected chi connectivity index (χ4v) is 1.58. The standard InChI is InChI=1S/C10H19NO3/c1-4-7(2)11-8-5-14-6-10(8,3)9(12)13/h7-8,11H,4-6H2,1-3H3,(H,12,13). The smallest absolute Gasteiger partial charge is 0.313 e. The summed E-state index contributed by atoms with van der Waals surface area (Å²) in [4.78, 5) is 11.1. The molecule has 14 heavy (non-hydrogen) atoms. The van der Waals surface area contributed by atoms with Crippen LogP contribution in [0.2, 0.25) is 0 Å². The predicted octanol–water partition coefficient (Wildman–Crippen LogP) is 0.864. The van der Waals surface area contributed by atoms with Gasteiger partial charge in [0.25, 0.3) is 0 Å². The molecule has 1 aliphatic rings. The largest absolute Gasteiger partial charge is 0.481 e. The summed E-state index contributed by atoms with van der Waals surface area (Å²) in [6.45, 7) is 6.66. The van der Waals surface area contributed by atoms with Crippen molar-refractivity contribution in [2.75, 3.05) is 13.2 Å². The van der Waals surface area contributed by atoms with Crippen LogP contribution in [-0.2, 0) is 9.53 Å². The van der Waals surface area contributed by atoms with Crippen LogP contribution in [0.15, 0.2) is 0 Å². The highest BCUT2D eigenvalue weighted by Crippen LogP contribution is 2.29. The molecule has 0 aliphatic carbocycles. The van der Waals surface area contributed by atoms with E-state index in [1.54, 1.807) is 6.92 Å². The van der Waals surface area contributed by atoms with Crippen LogP contribution < -0.4 is 5.32 Å². The van der Waals surface area contributed by atoms with Crippen LogP contribution in [0.3, 0.4) is 0 Å². The minimum absolute atomic E-state index is 0.0741. The molecule has 0 spiro atoms. The van der Waals surface area contributed by atoms with Gasteiger partial charge in [0.2, 0.25) is 0 Å². The van der Waals surface area contributed by atoms with E-state index >= 15 is 0 Å². The molecule has 1 saturated heterocycles. The molecule has 82 valence electrons. The van der Waals surface area contributed by atoms with E-state index in [-0.39, 0.29) is 6.04 Å². The molecule has 1 aliphatic heterocycles. The summed E-state index contributed by atoms with van der Waals surface area (Å²) in [6.07, 6.45) is 0.992. The first kappa shape index (κ1) is 11.5. The number of hydrogen-bond acceptors (Lipinski definition) is 3. The number of nitrogens with one attached hydrogen (secondary N) is 1. The molecule has 0 amide bonds. The van der Waals surface area contributed by atoms with Crippen molar-refractivity contribution >= 4 is 5.97 Å². The summed E-state index contributed by atoms with van der Waals surface area (Å²) in [5.74, 6) is -0.782. The van der Waals surface area contributed by atoms with Crippen LogP contribution in [-0.4, -0.2) is 36.4 Å². The van der Waals surface area contributed by atoms with Crippen LogP contribution in [0.4, 0.5) is 0 Å². The molecule has 0 aromatic rings. The quantitative estimate of drug-likeness (QED) is 0.708. The summed E-state index contributed by atoms with van der Waals surface area (Å²) in [6, 6.07) is 0.260. The highest BCUT2D eigenvalue weighted by atomic mass is 16.5. The van der Waals surface area contributed by atoms with Gasteiger partial charge in [-0.2, -0.15) is 0 Å². The van der Waals surface area contributed by atoms with Gasteiger partial charge in [-0.1, -0.05) is 6.92 Å². The van der Waals surface area contributed by atoms with Crippen molar-refractivity contribution < 1.29 is 14.6 Å². The molecule has 0 aromatic carbocycles. The Morgan fingerprint density at radius 1 is 1.79 bits per heavy atom. The van der Waals surface area contributed by atoms with Gasteiger partial charge >= 0.3 is 5.97 Å². The van der Waals surface area contributed by atoms with Crippen molar-refractivity contribution in [3.63, 3.8) is 0 Å². The Balaban J connectivity index is 2.64. The summed E-state index contributed by atoms with van der Waals surface area (Å²) in [5, 5.41) is 12.4. The summed E-state index contributed by atoms with van der Waals surface area (Å²) < 4.78 is 5.24. The van der Waals surface area contributed by atoms with E-state index in [0.717, 1.165) is 6.42 Å². The van der Waals surface area contributed by atoms with Gasteiger partial charge in [-0.25, -0.2) is 0 Å². The zero-order chi connectivity index (χ0) is 10.8. The van der Waals surface area contributed by atoms with E-state index in [4.69, 9.17) is 9.84 Å². The van der Waals surface area contributed by atoms with Crippen molar-refractivity contribution in [2.45, 2.75) is 39.3 Å². The zero-order valence-corrected chi connectivity index (χ0v) is 9.04. The second-order valence-corrected chi connectivity index (χ2v) is 4.27. The lowest BCUT2D eigenvalue weighted by Gasteiger charge is -2.28. The van der Waals surface area contributed by atoms with Crippen LogP contribution in [0.5, 0.6) is 0 Å². The van der Waals surface area contributed by atoms with Crippen LogP contribution in [0.25, 0.3) is 0 Å². The molecule has 4 heteroatoms. The Hall–Kier alpha value is -0.610. The minimum Gasteiger partial charge on any atom is -0.481 e. The molecular formula is C10H19NO3. The first-order valence-corrected chi connectivity index (χ1v) is 5.08. The number of carboxylic acids is 1. The summed E-state index contributed by atoms with van der Waals surface area (Å²) in [5.41, 5.74) is -0.774. The highest BCUT2D eigenvalue weighted by molar-refractivity contribution is 5.75. The lowest BCUT2D eigenvalue weighted by atomic mass is 9.85. The van der Waals surface area contributed by atoms with E-state index < -0.39 is 11.4 Å². The molecule has 2 N–H and O–H groups in total. The number of ether oxygens (including phenoxy) is 1. The molecule has 0 radical (unpaired) electrons. The van der Waals surface area contributed by atoms with Crippen molar-refractivity contribution in [1.29, 1.82) is 0 Å². The second kappa shape index (κ2) is 4.28. The van der Waals surface area contributed by atoms with Crippen LogP contribution in [0, 0.1) is 5.41 Å². The maximum Gasteiger partial charge on any atom is 0.313 e. The number of rotatable bonds is 4. The van der Waals surface area contributed by atoms with E-state index in [1.807, 2.05) is 0 Å². The Morgan fingerprint density at radius 2 is 2.43 bits per heavy atom. The fraction of sp³-hybridized carbons (Fsp3) is 0.900. The predicted molar refractivity (Wildman–Crippen MR) is 53.2 cm³/mol. The average molecular weight is 201 g/mol. The van der Waals surface area contributed by atoms with E-state index in [9.17, 15) is 4.79 Å². The third-order valence-corrected chi connectivity index (χ3v) is 3.04. The Kier molecular flexibility index (Phi) is 3.50. The molecular weight excluding hydrogens is 182 g/mol. The lowest BCUT2D eigenvalue weighted by molar-refractivity contribution is -0.148. The van der Waals surface area contributed by atoms with Crippen LogP contribution >= 0.6 is 0 Å². The van der Waals surface area contributed by atoms with E-state index in [0.29, 0.717) is 19.3 Å². The van der Waals surface area contributed by atoms with Gasteiger partial charge in [-0.15, -0.1) is 0 Å². The molecule has 0 saturated carbocycles. The SMILES string of the molecule is CCC(C)NC1COCC1(C)C(=O)O. The number of carboxylic acid groups (broad SMARTS) is 1.